The molecule has 4 heteroatoms. The molecule has 0 bridgehead atoms. The summed E-state index contributed by atoms with van der Waals surface area (Å²) in [5, 5.41) is 7.59. The van der Waals surface area contributed by atoms with E-state index in [0.717, 1.165) is 5.56 Å². The van der Waals surface area contributed by atoms with E-state index in [-0.39, 0.29) is 5.84 Å². The zero-order valence-electron chi connectivity index (χ0n) is 9.57. The van der Waals surface area contributed by atoms with Gasteiger partial charge >= 0.3 is 0 Å². The maximum Gasteiger partial charge on any atom is 0.134 e. The maximum atomic E-state index is 7.59. The Morgan fingerprint density at radius 1 is 1.41 bits per heavy atom. The first-order valence-corrected chi connectivity index (χ1v) is 5.37. The molecule has 88 valence electrons. The molecule has 0 unspecified atom stereocenters. The van der Waals surface area contributed by atoms with E-state index in [2.05, 4.69) is 0 Å². The largest absolute Gasteiger partial charge is 0.494 e. The highest BCUT2D eigenvalue weighted by atomic mass is 16.5. The third-order valence-electron chi connectivity index (χ3n) is 2.38. The van der Waals surface area contributed by atoms with Crippen LogP contribution in [-0.4, -0.2) is 12.4 Å². The van der Waals surface area contributed by atoms with Gasteiger partial charge in [0.25, 0.3) is 0 Å². The third kappa shape index (κ3) is 2.30. The highest BCUT2D eigenvalue weighted by Crippen LogP contribution is 2.27. The summed E-state index contributed by atoms with van der Waals surface area (Å²) < 4.78 is 10.7. The fraction of sp³-hybridized carbons (Fsp3) is 0.154. The number of nitrogen functional groups attached to an aromatic ring is 1. The van der Waals surface area contributed by atoms with Gasteiger partial charge < -0.3 is 14.9 Å². The summed E-state index contributed by atoms with van der Waals surface area (Å²) in [5.41, 5.74) is 6.99. The zero-order valence-corrected chi connectivity index (χ0v) is 9.57. The predicted octanol–water partition coefficient (Wildman–Crippen LogP) is 2.63. The van der Waals surface area contributed by atoms with Crippen LogP contribution in [-0.2, 0) is 0 Å². The van der Waals surface area contributed by atoms with Crippen LogP contribution in [0.2, 0.25) is 0 Å². The van der Waals surface area contributed by atoms with Crippen LogP contribution in [0.3, 0.4) is 0 Å². The molecule has 0 aliphatic rings. The summed E-state index contributed by atoms with van der Waals surface area (Å²) in [4.78, 5) is 0. The summed E-state index contributed by atoms with van der Waals surface area (Å²) in [6, 6.07) is 9.08. The van der Waals surface area contributed by atoms with Crippen LogP contribution in [0.1, 0.15) is 12.5 Å². The molecule has 1 heterocycles. The number of amidine groups is 1. The lowest BCUT2D eigenvalue weighted by molar-refractivity contribution is 0.340. The fourth-order valence-electron chi connectivity index (χ4n) is 1.65. The molecule has 3 N–H and O–H groups in total. The van der Waals surface area contributed by atoms with Gasteiger partial charge in [-0.1, -0.05) is 0 Å². The molecule has 0 radical (unpaired) electrons. The van der Waals surface area contributed by atoms with Gasteiger partial charge in [-0.2, -0.15) is 0 Å². The Balaban J connectivity index is 2.49. The Bertz CT molecular complexity index is 518. The number of furan rings is 1. The van der Waals surface area contributed by atoms with Crippen molar-refractivity contribution in [3.8, 4) is 17.1 Å². The van der Waals surface area contributed by atoms with E-state index in [4.69, 9.17) is 20.3 Å². The highest BCUT2D eigenvalue weighted by molar-refractivity contribution is 6.01. The Labute approximate surface area is 99.5 Å². The predicted molar refractivity (Wildman–Crippen MR) is 66.3 cm³/mol. The molecule has 0 saturated heterocycles. The first-order chi connectivity index (χ1) is 8.22. The maximum absolute atomic E-state index is 7.59. The average Bonchev–Trinajstić information content (AvgIpc) is 2.82. The van der Waals surface area contributed by atoms with Gasteiger partial charge in [0.2, 0.25) is 0 Å². The second-order valence-corrected chi connectivity index (χ2v) is 3.53. The van der Waals surface area contributed by atoms with E-state index >= 15 is 0 Å². The van der Waals surface area contributed by atoms with Crippen molar-refractivity contribution in [2.45, 2.75) is 6.92 Å². The standard InChI is InChI=1S/C13H14N2O2/c1-2-16-9-5-6-10(11(8-9)13(14)15)12-4-3-7-17-12/h3-8H,2H2,1H3,(H3,14,15). The summed E-state index contributed by atoms with van der Waals surface area (Å²) in [6.45, 7) is 2.49. The summed E-state index contributed by atoms with van der Waals surface area (Å²) in [6.07, 6.45) is 1.59. The van der Waals surface area contributed by atoms with Crippen molar-refractivity contribution in [2.75, 3.05) is 6.61 Å². The molecule has 1 aromatic carbocycles. The Morgan fingerprint density at radius 3 is 2.82 bits per heavy atom. The molecule has 2 rings (SSSR count). The van der Waals surface area contributed by atoms with Crippen LogP contribution < -0.4 is 10.5 Å². The van der Waals surface area contributed by atoms with Gasteiger partial charge in [-0.15, -0.1) is 0 Å². The average molecular weight is 230 g/mol. The van der Waals surface area contributed by atoms with Crippen LogP contribution in [0.5, 0.6) is 5.75 Å². The Morgan fingerprint density at radius 2 is 2.24 bits per heavy atom. The van der Waals surface area contributed by atoms with Gasteiger partial charge in [0, 0.05) is 11.1 Å². The lowest BCUT2D eigenvalue weighted by Gasteiger charge is -2.09. The Hall–Kier alpha value is -2.23. The first-order valence-electron chi connectivity index (χ1n) is 5.37. The number of hydrogen-bond acceptors (Lipinski definition) is 3. The van der Waals surface area contributed by atoms with Crippen molar-refractivity contribution in [2.24, 2.45) is 5.73 Å². The molecule has 0 fully saturated rings. The number of hydrogen-bond donors (Lipinski definition) is 2. The third-order valence-corrected chi connectivity index (χ3v) is 2.38. The molecule has 4 nitrogen and oxygen atoms in total. The molecule has 2 aromatic rings. The van der Waals surface area contributed by atoms with Gasteiger partial charge in [0.1, 0.15) is 17.3 Å². The Kier molecular flexibility index (Phi) is 3.14. The van der Waals surface area contributed by atoms with E-state index in [1.54, 1.807) is 18.4 Å². The second-order valence-electron chi connectivity index (χ2n) is 3.53. The number of benzene rings is 1. The molecular weight excluding hydrogens is 216 g/mol. The van der Waals surface area contributed by atoms with Gasteiger partial charge in [-0.05, 0) is 37.3 Å². The van der Waals surface area contributed by atoms with Crippen molar-refractivity contribution in [1.82, 2.24) is 0 Å². The van der Waals surface area contributed by atoms with Crippen LogP contribution in [0.4, 0.5) is 0 Å². The van der Waals surface area contributed by atoms with E-state index in [1.807, 2.05) is 25.1 Å². The molecule has 1 aromatic heterocycles. The van der Waals surface area contributed by atoms with E-state index in [9.17, 15) is 0 Å². The molecule has 0 atom stereocenters. The van der Waals surface area contributed by atoms with Gasteiger partial charge in [0.05, 0.1) is 12.9 Å². The van der Waals surface area contributed by atoms with E-state index in [0.29, 0.717) is 23.7 Å². The number of ether oxygens (including phenoxy) is 1. The molecule has 0 saturated carbocycles. The minimum Gasteiger partial charge on any atom is -0.494 e. The molecule has 0 aliphatic carbocycles. The number of nitrogens with two attached hydrogens (primary N) is 1. The van der Waals surface area contributed by atoms with Crippen molar-refractivity contribution in [1.29, 1.82) is 5.41 Å². The minimum absolute atomic E-state index is 0.00190. The second kappa shape index (κ2) is 4.74. The monoisotopic (exact) mass is 230 g/mol. The zero-order chi connectivity index (χ0) is 12.3. The number of nitrogens with one attached hydrogen (secondary N) is 1. The molecule has 0 aliphatic heterocycles. The van der Waals surface area contributed by atoms with Crippen molar-refractivity contribution >= 4 is 5.84 Å². The molecule has 0 spiro atoms. The lowest BCUT2D eigenvalue weighted by atomic mass is 10.0. The quantitative estimate of drug-likeness (QED) is 0.626. The van der Waals surface area contributed by atoms with Crippen LogP contribution in [0.15, 0.2) is 41.0 Å². The van der Waals surface area contributed by atoms with Gasteiger partial charge in [-0.25, -0.2) is 0 Å². The van der Waals surface area contributed by atoms with Crippen LogP contribution in [0, 0.1) is 5.41 Å². The van der Waals surface area contributed by atoms with Crippen molar-refractivity contribution < 1.29 is 9.15 Å². The van der Waals surface area contributed by atoms with Crippen molar-refractivity contribution in [3.05, 3.63) is 42.2 Å². The highest BCUT2D eigenvalue weighted by Gasteiger charge is 2.11. The lowest BCUT2D eigenvalue weighted by Crippen LogP contribution is -2.12. The fourth-order valence-corrected chi connectivity index (χ4v) is 1.65. The van der Waals surface area contributed by atoms with E-state index in [1.165, 1.54) is 0 Å². The molecular formula is C13H14N2O2. The first kappa shape index (κ1) is 11.3. The van der Waals surface area contributed by atoms with Crippen molar-refractivity contribution in [3.63, 3.8) is 0 Å². The summed E-state index contributed by atoms with van der Waals surface area (Å²) in [7, 11) is 0. The summed E-state index contributed by atoms with van der Waals surface area (Å²) >= 11 is 0. The number of rotatable bonds is 4. The topological polar surface area (TPSA) is 72.2 Å². The van der Waals surface area contributed by atoms with E-state index < -0.39 is 0 Å². The smallest absolute Gasteiger partial charge is 0.134 e. The summed E-state index contributed by atoms with van der Waals surface area (Å²) in [5.74, 6) is 1.39. The molecule has 0 amide bonds. The van der Waals surface area contributed by atoms with Gasteiger partial charge in [0.15, 0.2) is 0 Å². The van der Waals surface area contributed by atoms with Gasteiger partial charge in [-0.3, -0.25) is 5.41 Å². The van der Waals surface area contributed by atoms with Crippen LogP contribution >= 0.6 is 0 Å². The molecule has 17 heavy (non-hydrogen) atoms. The normalized spacial score (nSPS) is 10.2. The minimum atomic E-state index is -0.00190. The SMILES string of the molecule is CCOc1ccc(-c2ccco2)c(C(=N)N)c1. The van der Waals surface area contributed by atoms with Crippen LogP contribution in [0.25, 0.3) is 11.3 Å².